The molecule has 2 aromatic carbocycles. The zero-order chi connectivity index (χ0) is 21.2. The summed E-state index contributed by atoms with van der Waals surface area (Å²) in [6.45, 7) is 2.94. The van der Waals surface area contributed by atoms with Crippen molar-refractivity contribution in [1.82, 2.24) is 10.3 Å². The maximum atomic E-state index is 13.0. The lowest BCUT2D eigenvalue weighted by Crippen LogP contribution is -2.24. The maximum absolute atomic E-state index is 13.0. The van der Waals surface area contributed by atoms with Gasteiger partial charge in [0.25, 0.3) is 5.91 Å². The molecule has 3 aromatic rings. The number of amides is 1. The standard InChI is InChI=1S/C26H31ClN2O/c1-2-3-4-5-6-7-8-13-18-28-26(30)22-19-25(21-15-9-11-16-23(21)27)29-24-17-12-10-14-20(22)24/h9-12,14-17,19H,2-8,13,18H2,1H3,(H,28,30). The first-order chi connectivity index (χ1) is 14.7. The van der Waals surface area contributed by atoms with Gasteiger partial charge in [0.15, 0.2) is 0 Å². The molecule has 0 bridgehead atoms. The van der Waals surface area contributed by atoms with E-state index >= 15 is 0 Å². The third kappa shape index (κ3) is 6.06. The highest BCUT2D eigenvalue weighted by atomic mass is 35.5. The van der Waals surface area contributed by atoms with E-state index in [1.165, 1.54) is 38.5 Å². The van der Waals surface area contributed by atoms with Crippen LogP contribution in [0.2, 0.25) is 5.02 Å². The van der Waals surface area contributed by atoms with Gasteiger partial charge in [0, 0.05) is 22.5 Å². The lowest BCUT2D eigenvalue weighted by molar-refractivity contribution is 0.0954. The average molecular weight is 423 g/mol. The van der Waals surface area contributed by atoms with E-state index in [1.807, 2.05) is 54.6 Å². The monoisotopic (exact) mass is 422 g/mol. The minimum atomic E-state index is -0.0511. The van der Waals surface area contributed by atoms with Crippen LogP contribution in [-0.2, 0) is 0 Å². The van der Waals surface area contributed by atoms with Crippen LogP contribution in [0.3, 0.4) is 0 Å². The largest absolute Gasteiger partial charge is 0.352 e. The molecule has 30 heavy (non-hydrogen) atoms. The predicted molar refractivity (Wildman–Crippen MR) is 127 cm³/mol. The summed E-state index contributed by atoms with van der Waals surface area (Å²) >= 11 is 6.37. The van der Waals surface area contributed by atoms with Gasteiger partial charge in [-0.15, -0.1) is 0 Å². The van der Waals surface area contributed by atoms with Crippen LogP contribution >= 0.6 is 11.6 Å². The van der Waals surface area contributed by atoms with Gasteiger partial charge in [-0.1, -0.05) is 99.9 Å². The Balaban J connectivity index is 1.64. The molecule has 0 saturated carbocycles. The van der Waals surface area contributed by atoms with Crippen molar-refractivity contribution in [3.05, 3.63) is 65.2 Å². The molecular formula is C26H31ClN2O. The molecule has 0 unspecified atom stereocenters. The van der Waals surface area contributed by atoms with Crippen molar-refractivity contribution < 1.29 is 4.79 Å². The van der Waals surface area contributed by atoms with Crippen LogP contribution in [0, 0.1) is 0 Å². The van der Waals surface area contributed by atoms with Crippen molar-refractivity contribution >= 4 is 28.4 Å². The molecule has 0 fully saturated rings. The number of carbonyl (C=O) groups is 1. The van der Waals surface area contributed by atoms with E-state index in [4.69, 9.17) is 16.6 Å². The molecule has 1 heterocycles. The summed E-state index contributed by atoms with van der Waals surface area (Å²) in [6.07, 6.45) is 10.0. The number of fused-ring (bicyclic) bond motifs is 1. The van der Waals surface area contributed by atoms with E-state index in [9.17, 15) is 4.79 Å². The number of hydrogen-bond donors (Lipinski definition) is 1. The summed E-state index contributed by atoms with van der Waals surface area (Å²) in [7, 11) is 0. The molecule has 0 saturated heterocycles. The second kappa shape index (κ2) is 11.7. The highest BCUT2D eigenvalue weighted by Crippen LogP contribution is 2.29. The Morgan fingerprint density at radius 3 is 2.33 bits per heavy atom. The van der Waals surface area contributed by atoms with Crippen molar-refractivity contribution in [3.8, 4) is 11.3 Å². The van der Waals surface area contributed by atoms with Crippen molar-refractivity contribution in [2.24, 2.45) is 0 Å². The van der Waals surface area contributed by atoms with Gasteiger partial charge in [-0.2, -0.15) is 0 Å². The lowest BCUT2D eigenvalue weighted by Gasteiger charge is -2.11. The molecule has 1 N–H and O–H groups in total. The molecule has 1 aromatic heterocycles. The first kappa shape index (κ1) is 22.3. The average Bonchev–Trinajstić information content (AvgIpc) is 2.77. The minimum Gasteiger partial charge on any atom is -0.352 e. The predicted octanol–water partition coefficient (Wildman–Crippen LogP) is 7.43. The first-order valence-electron chi connectivity index (χ1n) is 11.1. The van der Waals surface area contributed by atoms with E-state index in [0.29, 0.717) is 17.1 Å². The normalized spacial score (nSPS) is 11.0. The van der Waals surface area contributed by atoms with Gasteiger partial charge < -0.3 is 5.32 Å². The molecule has 1 amide bonds. The van der Waals surface area contributed by atoms with E-state index in [0.717, 1.165) is 35.0 Å². The number of pyridine rings is 1. The summed E-state index contributed by atoms with van der Waals surface area (Å²) < 4.78 is 0. The molecule has 0 aliphatic rings. The third-order valence-corrected chi connectivity index (χ3v) is 5.76. The summed E-state index contributed by atoms with van der Waals surface area (Å²) in [6, 6.07) is 17.2. The Kier molecular flexibility index (Phi) is 8.70. The molecule has 3 rings (SSSR count). The van der Waals surface area contributed by atoms with Gasteiger partial charge in [-0.25, -0.2) is 4.98 Å². The number of aromatic nitrogens is 1. The number of unbranched alkanes of at least 4 members (excludes halogenated alkanes) is 7. The van der Waals surface area contributed by atoms with Crippen molar-refractivity contribution in [3.63, 3.8) is 0 Å². The van der Waals surface area contributed by atoms with Crippen molar-refractivity contribution in [2.75, 3.05) is 6.54 Å². The molecule has 0 spiro atoms. The maximum Gasteiger partial charge on any atom is 0.252 e. The smallest absolute Gasteiger partial charge is 0.252 e. The van der Waals surface area contributed by atoms with Gasteiger partial charge in [-0.05, 0) is 24.6 Å². The zero-order valence-corrected chi connectivity index (χ0v) is 18.5. The fraction of sp³-hybridized carbons (Fsp3) is 0.385. The van der Waals surface area contributed by atoms with Crippen molar-refractivity contribution in [2.45, 2.75) is 58.3 Å². The van der Waals surface area contributed by atoms with Crippen LogP contribution in [0.15, 0.2) is 54.6 Å². The second-order valence-corrected chi connectivity index (χ2v) is 8.19. The summed E-state index contributed by atoms with van der Waals surface area (Å²) in [5.74, 6) is -0.0511. The number of nitrogens with zero attached hydrogens (tertiary/aromatic N) is 1. The van der Waals surface area contributed by atoms with Gasteiger partial charge in [0.05, 0.1) is 16.8 Å². The fourth-order valence-electron chi connectivity index (χ4n) is 3.73. The lowest BCUT2D eigenvalue weighted by atomic mass is 10.0. The van der Waals surface area contributed by atoms with Crippen LogP contribution in [0.5, 0.6) is 0 Å². The number of carbonyl (C=O) groups excluding carboxylic acids is 1. The van der Waals surface area contributed by atoms with Gasteiger partial charge in [0.2, 0.25) is 0 Å². The SMILES string of the molecule is CCCCCCCCCCNC(=O)c1cc(-c2ccccc2Cl)nc2ccccc12. The van der Waals surface area contributed by atoms with Gasteiger partial charge in [-0.3, -0.25) is 4.79 Å². The molecule has 3 nitrogen and oxygen atoms in total. The minimum absolute atomic E-state index is 0.0511. The zero-order valence-electron chi connectivity index (χ0n) is 17.8. The fourth-order valence-corrected chi connectivity index (χ4v) is 3.96. The number of para-hydroxylation sites is 1. The molecule has 4 heteroatoms. The van der Waals surface area contributed by atoms with Crippen LogP contribution in [-0.4, -0.2) is 17.4 Å². The molecule has 158 valence electrons. The summed E-state index contributed by atoms with van der Waals surface area (Å²) in [4.78, 5) is 17.7. The second-order valence-electron chi connectivity index (χ2n) is 7.78. The van der Waals surface area contributed by atoms with Crippen LogP contribution in [0.1, 0.15) is 68.6 Å². The quantitative estimate of drug-likeness (QED) is 0.326. The van der Waals surface area contributed by atoms with E-state index in [-0.39, 0.29) is 5.91 Å². The number of benzene rings is 2. The Morgan fingerprint density at radius 2 is 1.57 bits per heavy atom. The topological polar surface area (TPSA) is 42.0 Å². The van der Waals surface area contributed by atoms with E-state index < -0.39 is 0 Å². The molecule has 0 aliphatic heterocycles. The number of hydrogen-bond acceptors (Lipinski definition) is 2. The number of halogens is 1. The summed E-state index contributed by atoms with van der Waals surface area (Å²) in [5.41, 5.74) is 3.00. The molecule has 0 radical (unpaired) electrons. The highest BCUT2D eigenvalue weighted by Gasteiger charge is 2.14. The van der Waals surface area contributed by atoms with Crippen LogP contribution < -0.4 is 5.32 Å². The Hall–Kier alpha value is -2.39. The summed E-state index contributed by atoms with van der Waals surface area (Å²) in [5, 5.41) is 4.59. The molecule has 0 aliphatic carbocycles. The number of rotatable bonds is 11. The molecular weight excluding hydrogens is 392 g/mol. The van der Waals surface area contributed by atoms with Gasteiger partial charge in [0.1, 0.15) is 0 Å². The molecule has 0 atom stereocenters. The Labute approximate surface area is 184 Å². The van der Waals surface area contributed by atoms with Crippen LogP contribution in [0.4, 0.5) is 0 Å². The van der Waals surface area contributed by atoms with Crippen LogP contribution in [0.25, 0.3) is 22.2 Å². The van der Waals surface area contributed by atoms with E-state index in [1.54, 1.807) is 0 Å². The third-order valence-electron chi connectivity index (χ3n) is 5.43. The Bertz CT molecular complexity index is 970. The first-order valence-corrected chi connectivity index (χ1v) is 11.5. The van der Waals surface area contributed by atoms with E-state index in [2.05, 4.69) is 12.2 Å². The number of nitrogens with one attached hydrogen (secondary N) is 1. The highest BCUT2D eigenvalue weighted by molar-refractivity contribution is 6.33. The van der Waals surface area contributed by atoms with Crippen molar-refractivity contribution in [1.29, 1.82) is 0 Å². The van der Waals surface area contributed by atoms with Gasteiger partial charge >= 0.3 is 0 Å². The Morgan fingerprint density at radius 1 is 0.900 bits per heavy atom.